The Bertz CT molecular complexity index is 1270. The minimum atomic E-state index is -5.08. The van der Waals surface area contributed by atoms with Crippen LogP contribution in [-0.4, -0.2) is 59.6 Å². The predicted octanol–water partition coefficient (Wildman–Crippen LogP) is 2.05. The standard InChI is InChI=1S/C17H17F2N5O3S.C2HF3O2/c1-17(9-28(26,27)24(2)16(20)23-17)12-7-11(4-5-13(12)19)22-15(25)14-6-3-10(18)8-21-14;3-2(4,5)1(6)7/h3-8H,9H2,1-2H3,(H2,20,23)(H,22,25);(H,6,7)/t17-;/m0./s1. The largest absolute Gasteiger partial charge is 0.490 e. The van der Waals surface area contributed by atoms with Crippen molar-refractivity contribution in [3.63, 3.8) is 0 Å². The highest BCUT2D eigenvalue weighted by Gasteiger charge is 2.42. The lowest BCUT2D eigenvalue weighted by Crippen LogP contribution is -2.50. The van der Waals surface area contributed by atoms with Crippen molar-refractivity contribution < 1.29 is 45.1 Å². The second-order valence-corrected chi connectivity index (χ2v) is 9.28. The average Bonchev–Trinajstić information content (AvgIpc) is 2.73. The van der Waals surface area contributed by atoms with Crippen molar-refractivity contribution in [1.29, 1.82) is 0 Å². The SMILES string of the molecule is CN1C(N)=N[C@](C)(c2cc(NC(=O)c3ccc(F)cn3)ccc2F)CS1(=O)=O.O=C(O)C(F)(F)F. The van der Waals surface area contributed by atoms with E-state index in [-0.39, 0.29) is 22.9 Å². The zero-order valence-corrected chi connectivity index (χ0v) is 18.8. The molecule has 16 heteroatoms. The third-order valence-electron chi connectivity index (χ3n) is 4.57. The number of hydrogen-bond acceptors (Lipinski definition) is 7. The fourth-order valence-corrected chi connectivity index (χ4v) is 4.26. The highest BCUT2D eigenvalue weighted by atomic mass is 32.2. The van der Waals surface area contributed by atoms with Gasteiger partial charge in [-0.15, -0.1) is 0 Å². The lowest BCUT2D eigenvalue weighted by Gasteiger charge is -2.34. The summed E-state index contributed by atoms with van der Waals surface area (Å²) < 4.78 is 84.6. The smallest absolute Gasteiger partial charge is 0.475 e. The summed E-state index contributed by atoms with van der Waals surface area (Å²) in [6.07, 6.45) is -4.19. The molecule has 3 rings (SSSR count). The first kappa shape index (κ1) is 27.4. The molecule has 1 aromatic carbocycles. The maximum atomic E-state index is 14.5. The first-order chi connectivity index (χ1) is 16.0. The van der Waals surface area contributed by atoms with Gasteiger partial charge in [-0.25, -0.2) is 36.3 Å². The highest BCUT2D eigenvalue weighted by Crippen LogP contribution is 2.34. The summed E-state index contributed by atoms with van der Waals surface area (Å²) in [6, 6.07) is 5.96. The number of carboxylic acid groups (broad SMARTS) is 1. The molecule has 0 radical (unpaired) electrons. The number of carbonyl (C=O) groups is 2. The second-order valence-electron chi connectivity index (χ2n) is 7.28. The Morgan fingerprint density at radius 1 is 1.20 bits per heavy atom. The van der Waals surface area contributed by atoms with Gasteiger partial charge in [0.25, 0.3) is 5.91 Å². The Morgan fingerprint density at radius 3 is 2.29 bits per heavy atom. The Morgan fingerprint density at radius 2 is 1.80 bits per heavy atom. The van der Waals surface area contributed by atoms with Crippen LogP contribution in [0.15, 0.2) is 41.5 Å². The van der Waals surface area contributed by atoms with Crippen LogP contribution in [0.25, 0.3) is 0 Å². The Hall–Kier alpha value is -3.82. The van der Waals surface area contributed by atoms with Gasteiger partial charge in [-0.1, -0.05) is 0 Å². The van der Waals surface area contributed by atoms with Crippen LogP contribution in [0.4, 0.5) is 27.6 Å². The zero-order chi connectivity index (χ0) is 26.8. The van der Waals surface area contributed by atoms with E-state index in [1.807, 2.05) is 0 Å². The van der Waals surface area contributed by atoms with Gasteiger partial charge in [0.15, 0.2) is 0 Å². The van der Waals surface area contributed by atoms with Gasteiger partial charge in [0.05, 0.1) is 11.9 Å². The molecular weight excluding hydrogens is 505 g/mol. The number of hydrogen-bond donors (Lipinski definition) is 3. The number of rotatable bonds is 3. The van der Waals surface area contributed by atoms with E-state index in [9.17, 15) is 35.2 Å². The van der Waals surface area contributed by atoms with E-state index < -0.39 is 51.0 Å². The number of nitrogens with zero attached hydrogens (tertiary/aromatic N) is 3. The maximum Gasteiger partial charge on any atom is 0.490 e. The Labute approximate surface area is 195 Å². The molecule has 1 aliphatic rings. The molecule has 1 amide bonds. The van der Waals surface area contributed by atoms with E-state index in [2.05, 4.69) is 15.3 Å². The van der Waals surface area contributed by atoms with E-state index in [1.54, 1.807) is 0 Å². The number of alkyl halides is 3. The van der Waals surface area contributed by atoms with Crippen molar-refractivity contribution in [2.45, 2.75) is 18.6 Å². The van der Waals surface area contributed by atoms with Crippen molar-refractivity contribution in [1.82, 2.24) is 9.29 Å². The van der Waals surface area contributed by atoms with E-state index in [0.717, 1.165) is 22.6 Å². The fourth-order valence-electron chi connectivity index (χ4n) is 2.81. The van der Waals surface area contributed by atoms with Crippen LogP contribution in [0, 0.1) is 11.6 Å². The van der Waals surface area contributed by atoms with Crippen molar-refractivity contribution in [2.24, 2.45) is 10.7 Å². The van der Waals surface area contributed by atoms with E-state index in [4.69, 9.17) is 15.6 Å². The number of carbonyl (C=O) groups excluding carboxylic acids is 1. The number of pyridine rings is 1. The molecular formula is C19H18F5N5O5S. The summed E-state index contributed by atoms with van der Waals surface area (Å²) in [5, 5.41) is 9.64. The van der Waals surface area contributed by atoms with Gasteiger partial charge in [-0.05, 0) is 37.3 Å². The van der Waals surface area contributed by atoms with Gasteiger partial charge in [-0.3, -0.25) is 4.79 Å². The van der Waals surface area contributed by atoms with Crippen LogP contribution in [0.3, 0.4) is 0 Å². The monoisotopic (exact) mass is 523 g/mol. The number of aliphatic carboxylic acids is 1. The lowest BCUT2D eigenvalue weighted by atomic mass is 9.93. The van der Waals surface area contributed by atoms with Crippen LogP contribution < -0.4 is 11.1 Å². The molecule has 4 N–H and O–H groups in total. The quantitative estimate of drug-likeness (QED) is 0.520. The molecule has 0 aliphatic carbocycles. The summed E-state index contributed by atoms with van der Waals surface area (Å²) in [7, 11) is -2.53. The second kappa shape index (κ2) is 9.81. The van der Waals surface area contributed by atoms with Crippen LogP contribution in [-0.2, 0) is 20.4 Å². The summed E-state index contributed by atoms with van der Waals surface area (Å²) in [4.78, 5) is 28.9. The van der Waals surface area contributed by atoms with Gasteiger partial charge in [0.2, 0.25) is 16.0 Å². The van der Waals surface area contributed by atoms with Crippen LogP contribution >= 0.6 is 0 Å². The van der Waals surface area contributed by atoms with Crippen LogP contribution in [0.1, 0.15) is 23.0 Å². The topological polar surface area (TPSA) is 155 Å². The molecule has 0 saturated carbocycles. The average molecular weight is 523 g/mol. The van der Waals surface area contributed by atoms with E-state index in [1.165, 1.54) is 32.2 Å². The van der Waals surface area contributed by atoms with Gasteiger partial charge in [-0.2, -0.15) is 13.2 Å². The van der Waals surface area contributed by atoms with Gasteiger partial charge < -0.3 is 16.2 Å². The molecule has 10 nitrogen and oxygen atoms in total. The number of aliphatic imine (C=N–C) groups is 1. The zero-order valence-electron chi connectivity index (χ0n) is 18.0. The van der Waals surface area contributed by atoms with Crippen molar-refractivity contribution in [2.75, 3.05) is 18.1 Å². The fraction of sp³-hybridized carbons (Fsp3) is 0.263. The number of anilines is 1. The normalized spacial score (nSPS) is 19.2. The molecule has 2 aromatic rings. The van der Waals surface area contributed by atoms with Crippen molar-refractivity contribution in [3.8, 4) is 0 Å². The molecule has 1 atom stereocenters. The number of nitrogens with two attached hydrogens (primary N) is 1. The van der Waals surface area contributed by atoms with Crippen molar-refractivity contribution in [3.05, 3.63) is 59.4 Å². The summed E-state index contributed by atoms with van der Waals surface area (Å²) in [6.45, 7) is 1.44. The molecule has 0 bridgehead atoms. The number of nitrogens with one attached hydrogen (secondary N) is 1. The highest BCUT2D eigenvalue weighted by molar-refractivity contribution is 7.89. The molecule has 0 fully saturated rings. The molecule has 35 heavy (non-hydrogen) atoms. The van der Waals surface area contributed by atoms with E-state index >= 15 is 0 Å². The molecule has 1 aliphatic heterocycles. The maximum absolute atomic E-state index is 14.5. The van der Waals surface area contributed by atoms with Crippen molar-refractivity contribution >= 4 is 33.5 Å². The number of carboxylic acids is 1. The molecule has 190 valence electrons. The molecule has 0 unspecified atom stereocenters. The first-order valence-corrected chi connectivity index (χ1v) is 10.9. The third kappa shape index (κ3) is 6.62. The molecule has 2 heterocycles. The lowest BCUT2D eigenvalue weighted by molar-refractivity contribution is -0.192. The third-order valence-corrected chi connectivity index (χ3v) is 6.52. The van der Waals surface area contributed by atoms with E-state index in [0.29, 0.717) is 0 Å². The Balaban J connectivity index is 0.000000540. The summed E-state index contributed by atoms with van der Waals surface area (Å²) >= 11 is 0. The Kier molecular flexibility index (Phi) is 7.69. The predicted molar refractivity (Wildman–Crippen MR) is 113 cm³/mol. The summed E-state index contributed by atoms with van der Waals surface area (Å²) in [5.41, 5.74) is 4.32. The van der Waals surface area contributed by atoms with Crippen LogP contribution in [0.2, 0.25) is 0 Å². The number of guanidine groups is 1. The summed E-state index contributed by atoms with van der Waals surface area (Å²) in [5.74, 6) is -5.44. The van der Waals surface area contributed by atoms with Gasteiger partial charge in [0, 0.05) is 18.3 Å². The molecule has 0 spiro atoms. The number of sulfonamides is 1. The molecule has 0 saturated heterocycles. The van der Waals surface area contributed by atoms with Gasteiger partial charge in [0.1, 0.15) is 22.9 Å². The number of benzene rings is 1. The first-order valence-electron chi connectivity index (χ1n) is 9.31. The van der Waals surface area contributed by atoms with Gasteiger partial charge >= 0.3 is 12.1 Å². The number of aromatic nitrogens is 1. The number of amides is 1. The minimum Gasteiger partial charge on any atom is -0.475 e. The minimum absolute atomic E-state index is 0.0392. The van der Waals surface area contributed by atoms with Crippen LogP contribution in [0.5, 0.6) is 0 Å². The molecule has 1 aromatic heterocycles. The number of halogens is 5.